The maximum absolute atomic E-state index is 12.2. The molecule has 0 heterocycles. The molecule has 0 spiro atoms. The minimum Gasteiger partial charge on any atom is -0.398 e. The molecule has 0 saturated carbocycles. The number of nitrogen functional groups attached to an aromatic ring is 1. The quantitative estimate of drug-likeness (QED) is 0.835. The lowest BCUT2D eigenvalue weighted by molar-refractivity contribution is 0.0769. The van der Waals surface area contributed by atoms with Crippen LogP contribution in [0.1, 0.15) is 23.7 Å². The largest absolute Gasteiger partial charge is 0.398 e. The van der Waals surface area contributed by atoms with Crippen LogP contribution in [0.3, 0.4) is 0 Å². The van der Waals surface area contributed by atoms with E-state index in [0.29, 0.717) is 35.8 Å². The van der Waals surface area contributed by atoms with Crippen LogP contribution in [0.5, 0.6) is 0 Å². The third-order valence-electron chi connectivity index (χ3n) is 2.42. The molecular formula is C12H14ClN3O. The molecule has 0 aliphatic rings. The summed E-state index contributed by atoms with van der Waals surface area (Å²) in [5.74, 6) is -0.231. The van der Waals surface area contributed by atoms with Crippen molar-refractivity contribution in [2.75, 3.05) is 18.8 Å². The Bertz CT molecular complexity index is 433. The van der Waals surface area contributed by atoms with Crippen molar-refractivity contribution >= 4 is 23.2 Å². The third kappa shape index (κ3) is 3.11. The summed E-state index contributed by atoms with van der Waals surface area (Å²) < 4.78 is 0. The minimum absolute atomic E-state index is 0.231. The lowest BCUT2D eigenvalue weighted by Gasteiger charge is -2.20. The van der Waals surface area contributed by atoms with Gasteiger partial charge in [-0.15, -0.1) is 0 Å². The molecule has 0 unspecified atom stereocenters. The SMILES string of the molecule is CCN(CCC#N)C(=O)c1c(N)cccc1Cl. The van der Waals surface area contributed by atoms with Crippen LogP contribution in [0.2, 0.25) is 5.02 Å². The van der Waals surface area contributed by atoms with Crippen LogP contribution in [0, 0.1) is 11.3 Å². The van der Waals surface area contributed by atoms with Crippen molar-refractivity contribution in [3.05, 3.63) is 28.8 Å². The highest BCUT2D eigenvalue weighted by Crippen LogP contribution is 2.23. The molecule has 17 heavy (non-hydrogen) atoms. The van der Waals surface area contributed by atoms with Crippen LogP contribution in [-0.2, 0) is 0 Å². The first-order valence-corrected chi connectivity index (χ1v) is 5.69. The predicted molar refractivity (Wildman–Crippen MR) is 67.7 cm³/mol. The maximum atomic E-state index is 12.2. The Balaban J connectivity index is 2.98. The average Bonchev–Trinajstić information content (AvgIpc) is 2.30. The molecule has 0 aliphatic carbocycles. The van der Waals surface area contributed by atoms with E-state index in [1.54, 1.807) is 23.1 Å². The van der Waals surface area contributed by atoms with Gasteiger partial charge in [-0.25, -0.2) is 0 Å². The predicted octanol–water partition coefficient (Wildman–Crippen LogP) is 2.30. The molecule has 0 fully saturated rings. The lowest BCUT2D eigenvalue weighted by atomic mass is 10.1. The summed E-state index contributed by atoms with van der Waals surface area (Å²) in [7, 11) is 0. The van der Waals surface area contributed by atoms with Crippen molar-refractivity contribution in [2.45, 2.75) is 13.3 Å². The second kappa shape index (κ2) is 6.12. The molecule has 1 amide bonds. The molecule has 2 N–H and O–H groups in total. The number of anilines is 1. The van der Waals surface area contributed by atoms with Gasteiger partial charge < -0.3 is 10.6 Å². The van der Waals surface area contributed by atoms with E-state index in [0.717, 1.165) is 0 Å². The summed E-state index contributed by atoms with van der Waals surface area (Å²) in [5.41, 5.74) is 6.42. The van der Waals surface area contributed by atoms with Crippen molar-refractivity contribution in [3.63, 3.8) is 0 Å². The standard InChI is InChI=1S/C12H14ClN3O/c1-2-16(8-4-7-14)12(17)11-9(13)5-3-6-10(11)15/h3,5-6H,2,4,8,15H2,1H3. The molecule has 1 aromatic carbocycles. The Labute approximate surface area is 106 Å². The number of amides is 1. The van der Waals surface area contributed by atoms with Gasteiger partial charge in [0.15, 0.2) is 0 Å². The van der Waals surface area contributed by atoms with Gasteiger partial charge in [-0.05, 0) is 19.1 Å². The van der Waals surface area contributed by atoms with Crippen LogP contribution in [0.25, 0.3) is 0 Å². The number of rotatable bonds is 4. The molecule has 90 valence electrons. The molecule has 4 nitrogen and oxygen atoms in total. The van der Waals surface area contributed by atoms with Crippen LogP contribution < -0.4 is 5.73 Å². The fourth-order valence-electron chi connectivity index (χ4n) is 1.51. The Morgan fingerprint density at radius 2 is 2.29 bits per heavy atom. The number of nitriles is 1. The number of nitrogens with two attached hydrogens (primary N) is 1. The van der Waals surface area contributed by atoms with E-state index in [4.69, 9.17) is 22.6 Å². The number of hydrogen-bond donors (Lipinski definition) is 1. The summed E-state index contributed by atoms with van der Waals surface area (Å²) in [5, 5.41) is 8.87. The summed E-state index contributed by atoms with van der Waals surface area (Å²) in [6, 6.07) is 6.97. The molecule has 0 radical (unpaired) electrons. The molecule has 1 rings (SSSR count). The van der Waals surface area contributed by atoms with Gasteiger partial charge in [-0.1, -0.05) is 17.7 Å². The molecule has 1 aromatic rings. The number of halogens is 1. The zero-order chi connectivity index (χ0) is 12.8. The van der Waals surface area contributed by atoms with E-state index in [1.165, 1.54) is 0 Å². The van der Waals surface area contributed by atoms with E-state index in [1.807, 2.05) is 13.0 Å². The van der Waals surface area contributed by atoms with E-state index < -0.39 is 0 Å². The normalized spacial score (nSPS) is 9.71. The smallest absolute Gasteiger partial charge is 0.257 e. The fourth-order valence-corrected chi connectivity index (χ4v) is 1.78. The number of benzene rings is 1. The third-order valence-corrected chi connectivity index (χ3v) is 2.74. The maximum Gasteiger partial charge on any atom is 0.257 e. The number of hydrogen-bond acceptors (Lipinski definition) is 3. The second-order valence-electron chi connectivity index (χ2n) is 3.50. The van der Waals surface area contributed by atoms with Gasteiger partial charge in [0.2, 0.25) is 0 Å². The Morgan fingerprint density at radius 3 is 2.82 bits per heavy atom. The van der Waals surface area contributed by atoms with Gasteiger partial charge in [-0.2, -0.15) is 5.26 Å². The highest BCUT2D eigenvalue weighted by atomic mass is 35.5. The number of carbonyl (C=O) groups is 1. The van der Waals surface area contributed by atoms with Crippen LogP contribution in [0.4, 0.5) is 5.69 Å². The van der Waals surface area contributed by atoms with Gasteiger partial charge in [0, 0.05) is 18.8 Å². The van der Waals surface area contributed by atoms with E-state index in [9.17, 15) is 4.79 Å². The van der Waals surface area contributed by atoms with Crippen molar-refractivity contribution in [3.8, 4) is 6.07 Å². The summed E-state index contributed by atoms with van der Waals surface area (Å²) in [6.07, 6.45) is 0.296. The average molecular weight is 252 g/mol. The first-order chi connectivity index (χ1) is 8.11. The minimum atomic E-state index is -0.231. The van der Waals surface area contributed by atoms with Gasteiger partial charge in [0.25, 0.3) is 5.91 Å². The summed E-state index contributed by atoms with van der Waals surface area (Å²) >= 11 is 5.97. The fraction of sp³-hybridized carbons (Fsp3) is 0.333. The van der Waals surface area contributed by atoms with E-state index in [-0.39, 0.29) is 5.91 Å². The van der Waals surface area contributed by atoms with Crippen molar-refractivity contribution in [2.24, 2.45) is 0 Å². The highest BCUT2D eigenvalue weighted by Gasteiger charge is 2.19. The van der Waals surface area contributed by atoms with Crippen molar-refractivity contribution < 1.29 is 4.79 Å². The Hall–Kier alpha value is -1.73. The molecule has 0 aliphatic heterocycles. The van der Waals surface area contributed by atoms with E-state index >= 15 is 0 Å². The summed E-state index contributed by atoms with van der Waals surface area (Å²) in [6.45, 7) is 2.75. The lowest BCUT2D eigenvalue weighted by Crippen LogP contribution is -2.32. The number of nitrogens with zero attached hydrogens (tertiary/aromatic N) is 2. The molecule has 5 heteroatoms. The monoisotopic (exact) mass is 251 g/mol. The highest BCUT2D eigenvalue weighted by molar-refractivity contribution is 6.34. The summed E-state index contributed by atoms with van der Waals surface area (Å²) in [4.78, 5) is 13.7. The van der Waals surface area contributed by atoms with Gasteiger partial charge in [0.05, 0.1) is 23.1 Å². The van der Waals surface area contributed by atoms with Crippen molar-refractivity contribution in [1.29, 1.82) is 5.26 Å². The van der Waals surface area contributed by atoms with Crippen LogP contribution >= 0.6 is 11.6 Å². The second-order valence-corrected chi connectivity index (χ2v) is 3.90. The molecule has 0 saturated heterocycles. The zero-order valence-corrected chi connectivity index (χ0v) is 10.4. The van der Waals surface area contributed by atoms with Crippen LogP contribution in [0.15, 0.2) is 18.2 Å². The van der Waals surface area contributed by atoms with E-state index in [2.05, 4.69) is 0 Å². The number of carbonyl (C=O) groups excluding carboxylic acids is 1. The molecular weight excluding hydrogens is 238 g/mol. The first kappa shape index (κ1) is 13.3. The van der Waals surface area contributed by atoms with Crippen LogP contribution in [-0.4, -0.2) is 23.9 Å². The topological polar surface area (TPSA) is 70.1 Å². The first-order valence-electron chi connectivity index (χ1n) is 5.32. The zero-order valence-electron chi connectivity index (χ0n) is 9.61. The van der Waals surface area contributed by atoms with Gasteiger partial charge in [-0.3, -0.25) is 4.79 Å². The van der Waals surface area contributed by atoms with Gasteiger partial charge >= 0.3 is 0 Å². The molecule has 0 aromatic heterocycles. The van der Waals surface area contributed by atoms with Crippen molar-refractivity contribution in [1.82, 2.24) is 4.90 Å². The Morgan fingerprint density at radius 1 is 1.59 bits per heavy atom. The Kier molecular flexibility index (Phi) is 4.80. The molecule has 0 atom stereocenters. The van der Waals surface area contributed by atoms with Gasteiger partial charge in [0.1, 0.15) is 0 Å². The molecule has 0 bridgehead atoms.